The number of ether oxygens (including phenoxy) is 1. The number of nitrogens with zero attached hydrogens (tertiary/aromatic N) is 4. The second-order valence-corrected chi connectivity index (χ2v) is 6.51. The summed E-state index contributed by atoms with van der Waals surface area (Å²) in [7, 11) is 0. The summed E-state index contributed by atoms with van der Waals surface area (Å²) in [4.78, 5) is 6.65. The van der Waals surface area contributed by atoms with Crippen molar-refractivity contribution < 1.29 is 9.13 Å². The molecule has 2 unspecified atom stereocenters. The molecule has 122 valence electrons. The van der Waals surface area contributed by atoms with E-state index in [1.54, 1.807) is 12.4 Å². The molecule has 7 heteroatoms. The third-order valence-electron chi connectivity index (χ3n) is 4.62. The molecule has 1 aromatic carbocycles. The molecule has 0 bridgehead atoms. The van der Waals surface area contributed by atoms with Gasteiger partial charge in [0, 0.05) is 36.6 Å². The summed E-state index contributed by atoms with van der Waals surface area (Å²) in [6.45, 7) is 3.21. The van der Waals surface area contributed by atoms with Gasteiger partial charge in [-0.1, -0.05) is 17.7 Å². The van der Waals surface area contributed by atoms with Crippen molar-refractivity contribution in [3.8, 4) is 0 Å². The highest BCUT2D eigenvalue weighted by molar-refractivity contribution is 6.31. The second kappa shape index (κ2) is 6.19. The first-order chi connectivity index (χ1) is 11.2. The maximum atomic E-state index is 13.2. The van der Waals surface area contributed by atoms with E-state index in [0.717, 1.165) is 43.9 Å². The van der Waals surface area contributed by atoms with Crippen LogP contribution < -0.4 is 0 Å². The van der Waals surface area contributed by atoms with Crippen LogP contribution in [0.1, 0.15) is 30.0 Å². The molecule has 0 spiro atoms. The first-order valence-corrected chi connectivity index (χ1v) is 8.26. The predicted octanol–water partition coefficient (Wildman–Crippen LogP) is 2.63. The van der Waals surface area contributed by atoms with E-state index < -0.39 is 0 Å². The molecule has 2 aromatic rings. The van der Waals surface area contributed by atoms with Crippen LogP contribution in [0.4, 0.5) is 4.39 Å². The van der Waals surface area contributed by atoms with Crippen molar-refractivity contribution in [3.63, 3.8) is 0 Å². The van der Waals surface area contributed by atoms with Gasteiger partial charge in [0.2, 0.25) is 0 Å². The van der Waals surface area contributed by atoms with Crippen LogP contribution in [-0.2, 0) is 11.2 Å². The first-order valence-electron chi connectivity index (χ1n) is 7.88. The zero-order valence-electron chi connectivity index (χ0n) is 12.7. The van der Waals surface area contributed by atoms with E-state index in [2.05, 4.69) is 15.0 Å². The third kappa shape index (κ3) is 2.98. The highest BCUT2D eigenvalue weighted by Crippen LogP contribution is 2.31. The fourth-order valence-corrected chi connectivity index (χ4v) is 3.75. The van der Waals surface area contributed by atoms with Crippen molar-refractivity contribution in [2.45, 2.75) is 25.0 Å². The Morgan fingerprint density at radius 2 is 2.30 bits per heavy atom. The topological polar surface area (TPSA) is 43.2 Å². The molecule has 1 fully saturated rings. The van der Waals surface area contributed by atoms with Gasteiger partial charge in [-0.3, -0.25) is 4.90 Å². The maximum Gasteiger partial charge on any atom is 0.138 e. The van der Waals surface area contributed by atoms with Crippen LogP contribution in [0.3, 0.4) is 0 Å². The highest BCUT2D eigenvalue weighted by Gasteiger charge is 2.29. The number of morpholine rings is 1. The van der Waals surface area contributed by atoms with E-state index in [4.69, 9.17) is 16.3 Å². The lowest BCUT2D eigenvalue weighted by molar-refractivity contribution is -0.0339. The van der Waals surface area contributed by atoms with Crippen LogP contribution in [0.5, 0.6) is 0 Å². The fraction of sp³-hybridized carbons (Fsp3) is 0.500. The van der Waals surface area contributed by atoms with Crippen molar-refractivity contribution in [1.29, 1.82) is 0 Å². The number of aryl methyl sites for hydroxylation is 1. The molecule has 4 rings (SSSR count). The molecule has 0 aliphatic carbocycles. The Hall–Kier alpha value is -1.50. The molecule has 1 aromatic heterocycles. The van der Waals surface area contributed by atoms with Gasteiger partial charge in [0.05, 0.1) is 18.8 Å². The lowest BCUT2D eigenvalue weighted by Gasteiger charge is -2.34. The number of fused-ring (bicyclic) bond motifs is 1. The minimum Gasteiger partial charge on any atom is -0.371 e. The van der Waals surface area contributed by atoms with Crippen LogP contribution in [0.25, 0.3) is 0 Å². The summed E-state index contributed by atoms with van der Waals surface area (Å²) in [6.07, 6.45) is 3.58. The molecular formula is C16H18ClFN4O. The van der Waals surface area contributed by atoms with Crippen molar-refractivity contribution in [2.24, 2.45) is 0 Å². The zero-order valence-corrected chi connectivity index (χ0v) is 13.4. The van der Waals surface area contributed by atoms with E-state index in [0.29, 0.717) is 17.7 Å². The van der Waals surface area contributed by atoms with Gasteiger partial charge >= 0.3 is 0 Å². The van der Waals surface area contributed by atoms with Gasteiger partial charge in [0.15, 0.2) is 0 Å². The van der Waals surface area contributed by atoms with E-state index in [-0.39, 0.29) is 11.9 Å². The quantitative estimate of drug-likeness (QED) is 0.864. The molecule has 2 atom stereocenters. The molecule has 0 amide bonds. The molecule has 1 saturated heterocycles. The van der Waals surface area contributed by atoms with Gasteiger partial charge < -0.3 is 4.74 Å². The summed E-state index contributed by atoms with van der Waals surface area (Å²) in [5.41, 5.74) is 0.852. The fourth-order valence-electron chi connectivity index (χ4n) is 3.46. The Kier molecular flexibility index (Phi) is 4.05. The largest absolute Gasteiger partial charge is 0.371 e. The smallest absolute Gasteiger partial charge is 0.138 e. The Balaban J connectivity index is 1.45. The molecular weight excluding hydrogens is 319 g/mol. The summed E-state index contributed by atoms with van der Waals surface area (Å²) < 4.78 is 21.1. The van der Waals surface area contributed by atoms with Gasteiger partial charge in [0.1, 0.15) is 18.0 Å². The molecule has 2 aliphatic rings. The van der Waals surface area contributed by atoms with Gasteiger partial charge in [0.25, 0.3) is 0 Å². The van der Waals surface area contributed by atoms with Crippen molar-refractivity contribution >= 4 is 11.6 Å². The van der Waals surface area contributed by atoms with Crippen molar-refractivity contribution in [1.82, 2.24) is 19.7 Å². The predicted molar refractivity (Wildman–Crippen MR) is 83.9 cm³/mol. The molecule has 0 N–H and O–H groups in total. The zero-order chi connectivity index (χ0) is 15.8. The molecule has 3 heterocycles. The maximum absolute atomic E-state index is 13.2. The normalized spacial score (nSPS) is 24.8. The van der Waals surface area contributed by atoms with Crippen molar-refractivity contribution in [2.75, 3.05) is 26.2 Å². The Morgan fingerprint density at radius 1 is 1.39 bits per heavy atom. The number of hydrogen-bond acceptors (Lipinski definition) is 4. The van der Waals surface area contributed by atoms with Crippen LogP contribution in [-0.4, -0.2) is 45.9 Å². The second-order valence-electron chi connectivity index (χ2n) is 6.10. The SMILES string of the molecule is Fc1ccc(C2CN(CC3CCc4ncnn43)CCO2)c(Cl)c1. The Labute approximate surface area is 139 Å². The van der Waals surface area contributed by atoms with Gasteiger partial charge in [-0.25, -0.2) is 14.1 Å². The van der Waals surface area contributed by atoms with Gasteiger partial charge in [-0.15, -0.1) is 0 Å². The van der Waals surface area contributed by atoms with E-state index >= 15 is 0 Å². The number of halogens is 2. The summed E-state index contributed by atoms with van der Waals surface area (Å²) >= 11 is 6.17. The Morgan fingerprint density at radius 3 is 3.17 bits per heavy atom. The van der Waals surface area contributed by atoms with Crippen LogP contribution in [0.15, 0.2) is 24.5 Å². The number of hydrogen-bond donors (Lipinski definition) is 0. The first kappa shape index (κ1) is 15.1. The summed E-state index contributed by atoms with van der Waals surface area (Å²) in [5, 5.41) is 4.76. The third-order valence-corrected chi connectivity index (χ3v) is 4.95. The monoisotopic (exact) mass is 336 g/mol. The van der Waals surface area contributed by atoms with E-state index in [1.807, 2.05) is 4.68 Å². The highest BCUT2D eigenvalue weighted by atomic mass is 35.5. The van der Waals surface area contributed by atoms with Gasteiger partial charge in [-0.2, -0.15) is 5.10 Å². The number of benzene rings is 1. The average Bonchev–Trinajstić information content (AvgIpc) is 3.13. The minimum atomic E-state index is -0.323. The standard InChI is InChI=1S/C16H18ClFN4O/c17-14-7-11(18)1-3-13(14)15-9-21(5-6-23-15)8-12-2-4-16-19-10-20-22(12)16/h1,3,7,10,12,15H,2,4-6,8-9H2. The van der Waals surface area contributed by atoms with Crippen molar-refractivity contribution in [3.05, 3.63) is 46.8 Å². The molecule has 2 aliphatic heterocycles. The molecule has 23 heavy (non-hydrogen) atoms. The van der Waals surface area contributed by atoms with Crippen LogP contribution in [0.2, 0.25) is 5.02 Å². The molecule has 0 radical (unpaired) electrons. The van der Waals surface area contributed by atoms with Gasteiger partial charge in [-0.05, 0) is 18.6 Å². The van der Waals surface area contributed by atoms with E-state index in [1.165, 1.54) is 12.1 Å². The summed E-state index contributed by atoms with van der Waals surface area (Å²) in [5.74, 6) is 0.748. The lowest BCUT2D eigenvalue weighted by atomic mass is 10.1. The number of rotatable bonds is 3. The average molecular weight is 337 g/mol. The van der Waals surface area contributed by atoms with Crippen LogP contribution in [0, 0.1) is 5.82 Å². The molecule has 5 nitrogen and oxygen atoms in total. The van der Waals surface area contributed by atoms with E-state index in [9.17, 15) is 4.39 Å². The van der Waals surface area contributed by atoms with Crippen LogP contribution >= 0.6 is 11.6 Å². The number of aromatic nitrogens is 3. The lowest BCUT2D eigenvalue weighted by Crippen LogP contribution is -2.41. The minimum absolute atomic E-state index is 0.117. The molecule has 0 saturated carbocycles. The summed E-state index contributed by atoms with van der Waals surface area (Å²) in [6, 6.07) is 4.87. The Bertz CT molecular complexity index is 707.